The molecule has 0 aliphatic heterocycles. The number of hydrogen-bond donors (Lipinski definition) is 1. The molecule has 1 aliphatic carbocycles. The number of rotatable bonds is 1. The quantitative estimate of drug-likeness (QED) is 0.737. The van der Waals surface area contributed by atoms with Gasteiger partial charge in [0.1, 0.15) is 0 Å². The Morgan fingerprint density at radius 2 is 2.33 bits per heavy atom. The minimum Gasteiger partial charge on any atom is -0.469 e. The molecule has 80 valence electrons. The van der Waals surface area contributed by atoms with Crippen molar-refractivity contribution in [1.82, 2.24) is 0 Å². The summed E-state index contributed by atoms with van der Waals surface area (Å²) in [6.07, 6.45) is 0.634. The van der Waals surface area contributed by atoms with Crippen LogP contribution in [-0.4, -0.2) is 19.1 Å². The highest BCUT2D eigenvalue weighted by Gasteiger charge is 2.36. The van der Waals surface area contributed by atoms with Crippen molar-refractivity contribution in [3.05, 3.63) is 34.3 Å². The zero-order valence-corrected chi connectivity index (χ0v) is 9.12. The number of ether oxygens (including phenoxy) is 1. The SMILES string of the molecule is COC(=O)C1c2cccc(Cl)c2CC1N. The lowest BCUT2D eigenvalue weighted by Gasteiger charge is -2.13. The van der Waals surface area contributed by atoms with Gasteiger partial charge in [0, 0.05) is 11.1 Å². The molecule has 2 unspecified atom stereocenters. The average molecular weight is 226 g/mol. The first-order valence-electron chi connectivity index (χ1n) is 4.76. The number of fused-ring (bicyclic) bond motifs is 1. The van der Waals surface area contributed by atoms with E-state index in [9.17, 15) is 4.79 Å². The van der Waals surface area contributed by atoms with Crippen LogP contribution in [0.5, 0.6) is 0 Å². The van der Waals surface area contributed by atoms with E-state index in [2.05, 4.69) is 0 Å². The van der Waals surface area contributed by atoms with Crippen molar-refractivity contribution in [3.63, 3.8) is 0 Å². The van der Waals surface area contributed by atoms with Crippen molar-refractivity contribution in [1.29, 1.82) is 0 Å². The van der Waals surface area contributed by atoms with Gasteiger partial charge in [-0.05, 0) is 23.6 Å². The standard InChI is InChI=1S/C11H12ClNO2/c1-15-11(14)10-6-3-2-4-8(12)7(6)5-9(10)13/h2-4,9-10H,5,13H2,1H3. The molecule has 0 spiro atoms. The Morgan fingerprint density at radius 3 is 3.00 bits per heavy atom. The highest BCUT2D eigenvalue weighted by Crippen LogP contribution is 2.36. The van der Waals surface area contributed by atoms with Crippen molar-refractivity contribution in [2.75, 3.05) is 7.11 Å². The van der Waals surface area contributed by atoms with E-state index in [1.807, 2.05) is 18.2 Å². The lowest BCUT2D eigenvalue weighted by Crippen LogP contribution is -2.31. The number of methoxy groups -OCH3 is 1. The van der Waals surface area contributed by atoms with Gasteiger partial charge in [-0.2, -0.15) is 0 Å². The second kappa shape index (κ2) is 3.83. The third-order valence-corrected chi connectivity index (χ3v) is 3.17. The maximum absolute atomic E-state index is 11.6. The fraction of sp³-hybridized carbons (Fsp3) is 0.364. The Kier molecular flexibility index (Phi) is 2.67. The number of benzene rings is 1. The second-order valence-corrected chi connectivity index (χ2v) is 4.08. The van der Waals surface area contributed by atoms with E-state index < -0.39 is 0 Å². The smallest absolute Gasteiger partial charge is 0.314 e. The minimum atomic E-state index is -0.372. The Labute approximate surface area is 93.2 Å². The van der Waals surface area contributed by atoms with Crippen LogP contribution in [-0.2, 0) is 16.0 Å². The molecule has 0 amide bonds. The van der Waals surface area contributed by atoms with Gasteiger partial charge in [0.15, 0.2) is 0 Å². The van der Waals surface area contributed by atoms with Crippen LogP contribution in [0.15, 0.2) is 18.2 Å². The number of carbonyl (C=O) groups is 1. The molecule has 0 fully saturated rings. The first-order chi connectivity index (χ1) is 7.15. The first-order valence-corrected chi connectivity index (χ1v) is 5.13. The number of esters is 1. The molecule has 2 N–H and O–H groups in total. The molecule has 0 aromatic heterocycles. The maximum atomic E-state index is 11.6. The van der Waals surface area contributed by atoms with E-state index in [0.29, 0.717) is 11.4 Å². The molecule has 0 radical (unpaired) electrons. The van der Waals surface area contributed by atoms with Crippen LogP contribution in [0.25, 0.3) is 0 Å². The molecule has 4 heteroatoms. The van der Waals surface area contributed by atoms with Gasteiger partial charge < -0.3 is 10.5 Å². The fourth-order valence-corrected chi connectivity index (χ4v) is 2.35. The largest absolute Gasteiger partial charge is 0.469 e. The van der Waals surface area contributed by atoms with Crippen molar-refractivity contribution >= 4 is 17.6 Å². The van der Waals surface area contributed by atoms with Crippen molar-refractivity contribution in [3.8, 4) is 0 Å². The van der Waals surface area contributed by atoms with E-state index in [1.54, 1.807) is 0 Å². The lowest BCUT2D eigenvalue weighted by molar-refractivity contribution is -0.142. The van der Waals surface area contributed by atoms with Crippen LogP contribution in [0.2, 0.25) is 5.02 Å². The molecule has 15 heavy (non-hydrogen) atoms. The molecule has 0 bridgehead atoms. The summed E-state index contributed by atoms with van der Waals surface area (Å²) in [6.45, 7) is 0. The van der Waals surface area contributed by atoms with Crippen LogP contribution < -0.4 is 5.73 Å². The van der Waals surface area contributed by atoms with E-state index >= 15 is 0 Å². The van der Waals surface area contributed by atoms with Gasteiger partial charge in [0.05, 0.1) is 13.0 Å². The third-order valence-electron chi connectivity index (χ3n) is 2.81. The van der Waals surface area contributed by atoms with Crippen LogP contribution in [0, 0.1) is 0 Å². The van der Waals surface area contributed by atoms with Crippen LogP contribution in [0.4, 0.5) is 0 Å². The molecular formula is C11H12ClNO2. The molecule has 0 heterocycles. The summed E-state index contributed by atoms with van der Waals surface area (Å²) >= 11 is 6.04. The third kappa shape index (κ3) is 1.62. The molecule has 1 aromatic carbocycles. The van der Waals surface area contributed by atoms with Crippen molar-refractivity contribution in [2.24, 2.45) is 5.73 Å². The lowest BCUT2D eigenvalue weighted by atomic mass is 9.99. The van der Waals surface area contributed by atoms with Gasteiger partial charge in [-0.3, -0.25) is 4.79 Å². The predicted octanol–water partition coefficient (Wildman–Crippen LogP) is 1.48. The average Bonchev–Trinajstić information content (AvgIpc) is 2.55. The van der Waals surface area contributed by atoms with Crippen molar-refractivity contribution < 1.29 is 9.53 Å². The Hall–Kier alpha value is -1.06. The monoisotopic (exact) mass is 225 g/mol. The summed E-state index contributed by atoms with van der Waals surface area (Å²) in [6, 6.07) is 5.30. The molecule has 0 saturated carbocycles. The number of hydrogen-bond acceptors (Lipinski definition) is 3. The van der Waals surface area contributed by atoms with Crippen LogP contribution >= 0.6 is 11.6 Å². The van der Waals surface area contributed by atoms with Gasteiger partial charge in [-0.1, -0.05) is 23.7 Å². The van der Waals surface area contributed by atoms with E-state index in [-0.39, 0.29) is 17.9 Å². The molecule has 0 saturated heterocycles. The Balaban J connectivity index is 2.46. The number of nitrogens with two attached hydrogens (primary N) is 1. The topological polar surface area (TPSA) is 52.3 Å². The number of halogens is 1. The van der Waals surface area contributed by atoms with Gasteiger partial charge in [0.25, 0.3) is 0 Å². The zero-order valence-electron chi connectivity index (χ0n) is 8.37. The fourth-order valence-electron chi connectivity index (χ4n) is 2.09. The molecule has 1 aromatic rings. The van der Waals surface area contributed by atoms with Gasteiger partial charge in [-0.25, -0.2) is 0 Å². The zero-order chi connectivity index (χ0) is 11.0. The predicted molar refractivity (Wildman–Crippen MR) is 57.9 cm³/mol. The van der Waals surface area contributed by atoms with E-state index in [1.165, 1.54) is 7.11 Å². The second-order valence-electron chi connectivity index (χ2n) is 3.68. The van der Waals surface area contributed by atoms with Crippen LogP contribution in [0.3, 0.4) is 0 Å². The molecule has 3 nitrogen and oxygen atoms in total. The summed E-state index contributed by atoms with van der Waals surface area (Å²) < 4.78 is 4.74. The summed E-state index contributed by atoms with van der Waals surface area (Å²) in [5.41, 5.74) is 7.79. The molecule has 2 atom stereocenters. The summed E-state index contributed by atoms with van der Waals surface area (Å²) in [7, 11) is 1.37. The molecule has 2 rings (SSSR count). The van der Waals surface area contributed by atoms with Crippen LogP contribution in [0.1, 0.15) is 17.0 Å². The summed E-state index contributed by atoms with van der Waals surface area (Å²) in [4.78, 5) is 11.6. The first kappa shape index (κ1) is 10.5. The van der Waals surface area contributed by atoms with E-state index in [0.717, 1.165) is 11.1 Å². The highest BCUT2D eigenvalue weighted by atomic mass is 35.5. The molecular weight excluding hydrogens is 214 g/mol. The minimum absolute atomic E-state index is 0.229. The Bertz CT molecular complexity index is 406. The number of carbonyl (C=O) groups excluding carboxylic acids is 1. The normalized spacial score (nSPS) is 23.7. The maximum Gasteiger partial charge on any atom is 0.314 e. The van der Waals surface area contributed by atoms with Gasteiger partial charge in [0.2, 0.25) is 0 Å². The molecule has 1 aliphatic rings. The van der Waals surface area contributed by atoms with Gasteiger partial charge >= 0.3 is 5.97 Å². The highest BCUT2D eigenvalue weighted by molar-refractivity contribution is 6.31. The van der Waals surface area contributed by atoms with E-state index in [4.69, 9.17) is 22.1 Å². The summed E-state index contributed by atoms with van der Waals surface area (Å²) in [5.74, 6) is -0.660. The Morgan fingerprint density at radius 1 is 1.60 bits per heavy atom. The summed E-state index contributed by atoms with van der Waals surface area (Å²) in [5, 5.41) is 0.675. The van der Waals surface area contributed by atoms with Crippen molar-refractivity contribution in [2.45, 2.75) is 18.4 Å². The van der Waals surface area contributed by atoms with Gasteiger partial charge in [-0.15, -0.1) is 0 Å².